The van der Waals surface area contributed by atoms with Gasteiger partial charge in [0.1, 0.15) is 0 Å². The molecule has 1 aromatic rings. The van der Waals surface area contributed by atoms with Crippen molar-refractivity contribution in [2.45, 2.75) is 32.1 Å². The lowest BCUT2D eigenvalue weighted by Crippen LogP contribution is -2.17. The maximum absolute atomic E-state index is 11.2. The van der Waals surface area contributed by atoms with Crippen LogP contribution >= 0.6 is 0 Å². The largest absolute Gasteiger partial charge is 0.466 e. The molecule has 0 unspecified atom stereocenters. The predicted octanol–water partition coefficient (Wildman–Crippen LogP) is 3.87. The Bertz CT molecular complexity index is 462. The van der Waals surface area contributed by atoms with Crippen LogP contribution in [-0.4, -0.2) is 19.6 Å². The van der Waals surface area contributed by atoms with E-state index in [1.54, 1.807) is 6.08 Å². The number of benzene rings is 1. The van der Waals surface area contributed by atoms with Crippen LogP contribution in [0, 0.1) is 5.92 Å². The molecule has 0 atom stereocenters. The van der Waals surface area contributed by atoms with Crippen LogP contribution in [-0.2, 0) is 9.53 Å². The molecule has 1 fully saturated rings. The number of nitrogens with one attached hydrogen (secondary N) is 1. The molecular formula is C17H23NO2. The number of carbonyl (C=O) groups excluding carboxylic acids is 1. The minimum Gasteiger partial charge on any atom is -0.466 e. The summed E-state index contributed by atoms with van der Waals surface area (Å²) >= 11 is 0. The minimum atomic E-state index is -0.327. The van der Waals surface area contributed by atoms with E-state index in [1.165, 1.54) is 45.3 Å². The van der Waals surface area contributed by atoms with Gasteiger partial charge in [-0.2, -0.15) is 0 Å². The monoisotopic (exact) mass is 273 g/mol. The van der Waals surface area contributed by atoms with Gasteiger partial charge < -0.3 is 10.1 Å². The van der Waals surface area contributed by atoms with Crippen molar-refractivity contribution < 1.29 is 9.53 Å². The molecule has 3 heteroatoms. The van der Waals surface area contributed by atoms with Crippen LogP contribution < -0.4 is 5.32 Å². The molecule has 0 spiro atoms. The highest BCUT2D eigenvalue weighted by Gasteiger charge is 2.13. The average molecular weight is 273 g/mol. The highest BCUT2D eigenvalue weighted by Crippen LogP contribution is 2.25. The lowest BCUT2D eigenvalue weighted by Gasteiger charge is -2.22. The van der Waals surface area contributed by atoms with Crippen LogP contribution in [0.1, 0.15) is 37.7 Å². The molecule has 1 saturated carbocycles. The lowest BCUT2D eigenvalue weighted by molar-refractivity contribution is -0.134. The third-order valence-electron chi connectivity index (χ3n) is 3.87. The number of rotatable bonds is 5. The predicted molar refractivity (Wildman–Crippen MR) is 82.6 cm³/mol. The fourth-order valence-corrected chi connectivity index (χ4v) is 2.67. The standard InChI is InChI=1S/C17H23NO2/c1-20-17(19)12-11-15-9-5-6-10-16(15)18-13-14-7-3-2-4-8-14/h5-6,9-12,14,18H,2-4,7-8,13H2,1H3. The molecule has 0 saturated heterocycles. The third-order valence-corrected chi connectivity index (χ3v) is 3.87. The van der Waals surface area contributed by atoms with Crippen LogP contribution in [0.2, 0.25) is 0 Å². The van der Waals surface area contributed by atoms with E-state index >= 15 is 0 Å². The summed E-state index contributed by atoms with van der Waals surface area (Å²) in [5.74, 6) is 0.452. The molecule has 0 aliphatic heterocycles. The van der Waals surface area contributed by atoms with Crippen molar-refractivity contribution in [3.8, 4) is 0 Å². The van der Waals surface area contributed by atoms with Crippen LogP contribution in [0.5, 0.6) is 0 Å². The van der Waals surface area contributed by atoms with Gasteiger partial charge in [-0.25, -0.2) is 4.79 Å². The highest BCUT2D eigenvalue weighted by atomic mass is 16.5. The first-order valence-electron chi connectivity index (χ1n) is 7.38. The summed E-state index contributed by atoms with van der Waals surface area (Å²) < 4.78 is 4.62. The Hall–Kier alpha value is -1.77. The zero-order valence-corrected chi connectivity index (χ0v) is 12.1. The maximum Gasteiger partial charge on any atom is 0.330 e. The van der Waals surface area contributed by atoms with E-state index in [-0.39, 0.29) is 5.97 Å². The highest BCUT2D eigenvalue weighted by molar-refractivity contribution is 5.88. The number of para-hydroxylation sites is 1. The smallest absolute Gasteiger partial charge is 0.330 e. The minimum absolute atomic E-state index is 0.327. The lowest BCUT2D eigenvalue weighted by atomic mass is 9.89. The molecule has 0 heterocycles. The first kappa shape index (κ1) is 14.6. The average Bonchev–Trinajstić information content (AvgIpc) is 2.52. The number of hydrogen-bond acceptors (Lipinski definition) is 3. The summed E-state index contributed by atoms with van der Waals surface area (Å²) in [5.41, 5.74) is 2.10. The maximum atomic E-state index is 11.2. The van der Waals surface area contributed by atoms with Gasteiger partial charge in [0.2, 0.25) is 0 Å². The number of esters is 1. The molecule has 1 aliphatic rings. The summed E-state index contributed by atoms with van der Waals surface area (Å²) in [6.45, 7) is 1.02. The van der Waals surface area contributed by atoms with E-state index < -0.39 is 0 Å². The Labute approximate surface area is 121 Å². The molecule has 3 nitrogen and oxygen atoms in total. The first-order chi connectivity index (χ1) is 9.79. The Morgan fingerprint density at radius 1 is 1.30 bits per heavy atom. The van der Waals surface area contributed by atoms with Gasteiger partial charge in [0, 0.05) is 18.3 Å². The molecule has 0 bridgehead atoms. The molecule has 1 N–H and O–H groups in total. The van der Waals surface area contributed by atoms with Gasteiger partial charge in [-0.15, -0.1) is 0 Å². The van der Waals surface area contributed by atoms with Crippen LogP contribution in [0.15, 0.2) is 30.3 Å². The van der Waals surface area contributed by atoms with Crippen molar-refractivity contribution in [3.63, 3.8) is 0 Å². The van der Waals surface area contributed by atoms with Gasteiger partial charge in [-0.1, -0.05) is 37.5 Å². The second-order valence-electron chi connectivity index (χ2n) is 5.33. The van der Waals surface area contributed by atoms with Crippen LogP contribution in [0.3, 0.4) is 0 Å². The van der Waals surface area contributed by atoms with Crippen molar-refractivity contribution in [2.24, 2.45) is 5.92 Å². The van der Waals surface area contributed by atoms with Gasteiger partial charge in [0.05, 0.1) is 7.11 Å². The van der Waals surface area contributed by atoms with Crippen molar-refractivity contribution in [1.82, 2.24) is 0 Å². The summed E-state index contributed by atoms with van der Waals surface area (Å²) in [7, 11) is 1.39. The molecule has 2 rings (SSSR count). The molecular weight excluding hydrogens is 250 g/mol. The van der Waals surface area contributed by atoms with Gasteiger partial charge >= 0.3 is 5.97 Å². The summed E-state index contributed by atoms with van der Waals surface area (Å²) in [6, 6.07) is 8.05. The summed E-state index contributed by atoms with van der Waals surface area (Å²) in [6.07, 6.45) is 10.0. The van der Waals surface area contributed by atoms with Crippen molar-refractivity contribution in [2.75, 3.05) is 19.0 Å². The van der Waals surface area contributed by atoms with Crippen LogP contribution in [0.4, 0.5) is 5.69 Å². The molecule has 108 valence electrons. The van der Waals surface area contributed by atoms with E-state index in [1.807, 2.05) is 18.2 Å². The normalized spacial score (nSPS) is 16.2. The number of carbonyl (C=O) groups is 1. The van der Waals surface area contributed by atoms with E-state index in [0.717, 1.165) is 23.7 Å². The van der Waals surface area contributed by atoms with Gasteiger partial charge in [-0.05, 0) is 36.5 Å². The van der Waals surface area contributed by atoms with Crippen molar-refractivity contribution >= 4 is 17.7 Å². The zero-order valence-electron chi connectivity index (χ0n) is 12.1. The number of ether oxygens (including phenoxy) is 1. The van der Waals surface area contributed by atoms with Crippen molar-refractivity contribution in [1.29, 1.82) is 0 Å². The van der Waals surface area contributed by atoms with Gasteiger partial charge in [0.25, 0.3) is 0 Å². The number of methoxy groups -OCH3 is 1. The summed E-state index contributed by atoms with van der Waals surface area (Å²) in [4.78, 5) is 11.2. The zero-order chi connectivity index (χ0) is 14.2. The number of anilines is 1. The van der Waals surface area contributed by atoms with E-state index in [0.29, 0.717) is 0 Å². The Kier molecular flexibility index (Phi) is 5.66. The molecule has 0 radical (unpaired) electrons. The molecule has 1 aliphatic carbocycles. The van der Waals surface area contributed by atoms with E-state index in [9.17, 15) is 4.79 Å². The molecule has 0 amide bonds. The quantitative estimate of drug-likeness (QED) is 0.654. The molecule has 0 aromatic heterocycles. The van der Waals surface area contributed by atoms with Crippen molar-refractivity contribution in [3.05, 3.63) is 35.9 Å². The first-order valence-corrected chi connectivity index (χ1v) is 7.38. The molecule has 20 heavy (non-hydrogen) atoms. The fourth-order valence-electron chi connectivity index (χ4n) is 2.67. The van der Waals surface area contributed by atoms with E-state index in [2.05, 4.69) is 16.1 Å². The second-order valence-corrected chi connectivity index (χ2v) is 5.33. The SMILES string of the molecule is COC(=O)C=Cc1ccccc1NCC1CCCCC1. The third kappa shape index (κ3) is 4.41. The Morgan fingerprint density at radius 2 is 2.05 bits per heavy atom. The van der Waals surface area contributed by atoms with E-state index in [4.69, 9.17) is 0 Å². The number of hydrogen-bond donors (Lipinski definition) is 1. The van der Waals surface area contributed by atoms with Crippen LogP contribution in [0.25, 0.3) is 6.08 Å². The fraction of sp³-hybridized carbons (Fsp3) is 0.471. The summed E-state index contributed by atoms with van der Waals surface area (Å²) in [5, 5.41) is 3.52. The topological polar surface area (TPSA) is 38.3 Å². The Balaban J connectivity index is 1.96. The second kappa shape index (κ2) is 7.73. The molecule has 1 aromatic carbocycles. The van der Waals surface area contributed by atoms with Gasteiger partial charge in [-0.3, -0.25) is 0 Å². The Morgan fingerprint density at radius 3 is 2.80 bits per heavy atom. The van der Waals surface area contributed by atoms with Gasteiger partial charge in [0.15, 0.2) is 0 Å².